The molecule has 4 aromatic rings. The molecule has 0 bridgehead atoms. The van der Waals surface area contributed by atoms with Crippen LogP contribution < -0.4 is 4.72 Å². The van der Waals surface area contributed by atoms with Crippen LogP contribution in [0.3, 0.4) is 0 Å². The lowest BCUT2D eigenvalue weighted by molar-refractivity contribution is 0.0498. The zero-order chi connectivity index (χ0) is 23.1. The minimum atomic E-state index is -3.75. The number of pyridine rings is 1. The van der Waals surface area contributed by atoms with Gasteiger partial charge in [0.25, 0.3) is 10.0 Å². The van der Waals surface area contributed by atoms with Gasteiger partial charge in [0.2, 0.25) is 11.7 Å². The predicted octanol–water partition coefficient (Wildman–Crippen LogP) is 3.72. The minimum Gasteiger partial charge on any atom is -0.462 e. The number of carbonyl (C=O) groups excluding carboxylic acids is 1. The third-order valence-electron chi connectivity index (χ3n) is 4.58. The Kier molecular flexibility index (Phi) is 6.75. The fraction of sp³-hybridized carbons (Fsp3) is 0.130. The van der Waals surface area contributed by atoms with E-state index in [4.69, 9.17) is 9.26 Å². The molecule has 0 unspecified atom stereocenters. The summed E-state index contributed by atoms with van der Waals surface area (Å²) in [5.41, 5.74) is 1.46. The molecule has 0 fully saturated rings. The molecular weight excluding hydrogens is 444 g/mol. The lowest BCUT2D eigenvalue weighted by Gasteiger charge is -2.09. The smallest absolute Gasteiger partial charge is 0.338 e. The number of ether oxygens (including phenoxy) is 1. The second-order valence-electron chi connectivity index (χ2n) is 6.99. The van der Waals surface area contributed by atoms with Gasteiger partial charge in [-0.1, -0.05) is 23.4 Å². The molecule has 0 saturated carbocycles. The van der Waals surface area contributed by atoms with E-state index >= 15 is 0 Å². The molecule has 10 heteroatoms. The van der Waals surface area contributed by atoms with E-state index in [1.165, 1.54) is 24.3 Å². The van der Waals surface area contributed by atoms with Crippen LogP contribution in [0.5, 0.6) is 0 Å². The van der Waals surface area contributed by atoms with E-state index in [0.717, 1.165) is 5.56 Å². The topological polar surface area (TPSA) is 124 Å². The van der Waals surface area contributed by atoms with Crippen molar-refractivity contribution in [3.63, 3.8) is 0 Å². The number of aromatic nitrogens is 3. The summed E-state index contributed by atoms with van der Waals surface area (Å²) in [5, 5.41) is 3.91. The molecule has 4 rings (SSSR count). The molecule has 2 aromatic carbocycles. The van der Waals surface area contributed by atoms with E-state index < -0.39 is 16.0 Å². The molecule has 0 saturated heterocycles. The van der Waals surface area contributed by atoms with Crippen LogP contribution in [0.25, 0.3) is 11.4 Å². The van der Waals surface area contributed by atoms with Crippen molar-refractivity contribution in [1.29, 1.82) is 0 Å². The molecule has 0 atom stereocenters. The highest BCUT2D eigenvalue weighted by molar-refractivity contribution is 7.92. The maximum atomic E-state index is 12.5. The Morgan fingerprint density at radius 1 is 1.00 bits per heavy atom. The van der Waals surface area contributed by atoms with Crippen LogP contribution in [0, 0.1) is 0 Å². The Balaban J connectivity index is 1.26. The minimum absolute atomic E-state index is 0.0451. The molecule has 0 aliphatic heterocycles. The van der Waals surface area contributed by atoms with Crippen LogP contribution in [0.15, 0.2) is 88.5 Å². The largest absolute Gasteiger partial charge is 0.462 e. The van der Waals surface area contributed by atoms with E-state index in [-0.39, 0.29) is 17.1 Å². The van der Waals surface area contributed by atoms with E-state index in [1.807, 2.05) is 6.07 Å². The number of hydrogen-bond acceptors (Lipinski definition) is 8. The molecule has 2 aromatic heterocycles. The van der Waals surface area contributed by atoms with Crippen LogP contribution in [-0.2, 0) is 21.2 Å². The molecule has 0 aliphatic rings. The van der Waals surface area contributed by atoms with Gasteiger partial charge in [-0.2, -0.15) is 4.98 Å². The third kappa shape index (κ3) is 5.80. The zero-order valence-electron chi connectivity index (χ0n) is 17.4. The Bertz CT molecular complexity index is 1310. The zero-order valence-corrected chi connectivity index (χ0v) is 18.2. The number of anilines is 1. The van der Waals surface area contributed by atoms with Crippen LogP contribution in [0.2, 0.25) is 0 Å². The molecule has 0 amide bonds. The fourth-order valence-electron chi connectivity index (χ4n) is 2.93. The van der Waals surface area contributed by atoms with Crippen molar-refractivity contribution in [3.8, 4) is 11.4 Å². The molecule has 0 radical (unpaired) electrons. The summed E-state index contributed by atoms with van der Waals surface area (Å²) in [6, 6.07) is 17.7. The first-order chi connectivity index (χ1) is 16.0. The summed E-state index contributed by atoms with van der Waals surface area (Å²) in [6.07, 6.45) is 4.24. The number of esters is 1. The molecule has 0 spiro atoms. The second-order valence-corrected chi connectivity index (χ2v) is 8.67. The van der Waals surface area contributed by atoms with Crippen LogP contribution in [0.4, 0.5) is 5.69 Å². The van der Waals surface area contributed by atoms with Crippen molar-refractivity contribution in [2.45, 2.75) is 17.7 Å². The number of benzene rings is 2. The lowest BCUT2D eigenvalue weighted by Crippen LogP contribution is -2.13. The normalized spacial score (nSPS) is 11.2. The van der Waals surface area contributed by atoms with E-state index in [0.29, 0.717) is 30.2 Å². The predicted molar refractivity (Wildman–Crippen MR) is 120 cm³/mol. The average Bonchev–Trinajstić information content (AvgIpc) is 3.32. The number of para-hydroxylation sites is 1. The highest BCUT2D eigenvalue weighted by Crippen LogP contribution is 2.17. The van der Waals surface area contributed by atoms with Crippen molar-refractivity contribution in [1.82, 2.24) is 15.1 Å². The van der Waals surface area contributed by atoms with Gasteiger partial charge in [-0.05, 0) is 55.0 Å². The number of aryl methyl sites for hydroxylation is 1. The van der Waals surface area contributed by atoms with Gasteiger partial charge in [0.15, 0.2) is 0 Å². The van der Waals surface area contributed by atoms with E-state index in [9.17, 15) is 13.2 Å². The lowest BCUT2D eigenvalue weighted by atomic mass is 10.2. The number of nitrogens with zero attached hydrogens (tertiary/aromatic N) is 3. The van der Waals surface area contributed by atoms with E-state index in [2.05, 4.69) is 19.8 Å². The molecule has 9 nitrogen and oxygen atoms in total. The number of rotatable bonds is 9. The number of sulfonamides is 1. The summed E-state index contributed by atoms with van der Waals surface area (Å²) in [4.78, 5) is 20.6. The number of nitrogens with one attached hydrogen (secondary N) is 1. The first-order valence-corrected chi connectivity index (χ1v) is 11.6. The van der Waals surface area contributed by atoms with Gasteiger partial charge in [0.05, 0.1) is 17.1 Å². The van der Waals surface area contributed by atoms with Crippen molar-refractivity contribution >= 4 is 21.7 Å². The molecule has 1 N–H and O–H groups in total. The molecule has 168 valence electrons. The van der Waals surface area contributed by atoms with Gasteiger partial charge < -0.3 is 9.26 Å². The quantitative estimate of drug-likeness (QED) is 0.294. The Morgan fingerprint density at radius 3 is 2.52 bits per heavy atom. The average molecular weight is 465 g/mol. The standard InChI is InChI=1S/C23H20N4O5S/c28-23(31-15-5-9-21-25-22(26-32-21)18-6-4-14-24-16-18)17-10-12-20(13-11-17)33(29,30)27-19-7-2-1-3-8-19/h1-4,6-8,10-14,16,27H,5,9,15H2. The first-order valence-electron chi connectivity index (χ1n) is 10.1. The summed E-state index contributed by atoms with van der Waals surface area (Å²) >= 11 is 0. The monoisotopic (exact) mass is 464 g/mol. The van der Waals surface area contributed by atoms with Crippen molar-refractivity contribution in [3.05, 3.63) is 90.6 Å². The van der Waals surface area contributed by atoms with Gasteiger partial charge in [-0.3, -0.25) is 9.71 Å². The molecule has 33 heavy (non-hydrogen) atoms. The Labute approximate surface area is 190 Å². The Hall–Kier alpha value is -4.05. The van der Waals surface area contributed by atoms with Crippen molar-refractivity contribution in [2.75, 3.05) is 11.3 Å². The highest BCUT2D eigenvalue weighted by atomic mass is 32.2. The van der Waals surface area contributed by atoms with Gasteiger partial charge in [-0.25, -0.2) is 13.2 Å². The van der Waals surface area contributed by atoms with Gasteiger partial charge in [0.1, 0.15) is 0 Å². The summed E-state index contributed by atoms with van der Waals surface area (Å²) in [6.45, 7) is 0.152. The summed E-state index contributed by atoms with van der Waals surface area (Å²) < 4.78 is 37.9. The van der Waals surface area contributed by atoms with Gasteiger partial charge in [-0.15, -0.1) is 0 Å². The molecular formula is C23H20N4O5S. The van der Waals surface area contributed by atoms with Crippen LogP contribution >= 0.6 is 0 Å². The van der Waals surface area contributed by atoms with Crippen LogP contribution in [-0.4, -0.2) is 36.1 Å². The Morgan fingerprint density at radius 2 is 1.79 bits per heavy atom. The second kappa shape index (κ2) is 10.0. The van der Waals surface area contributed by atoms with Gasteiger partial charge >= 0.3 is 5.97 Å². The first kappa shape index (κ1) is 22.2. The fourth-order valence-corrected chi connectivity index (χ4v) is 3.99. The summed E-state index contributed by atoms with van der Waals surface area (Å²) in [7, 11) is -3.75. The molecule has 0 aliphatic carbocycles. The highest BCUT2D eigenvalue weighted by Gasteiger charge is 2.16. The summed E-state index contributed by atoms with van der Waals surface area (Å²) in [5.74, 6) is 0.341. The van der Waals surface area contributed by atoms with Crippen LogP contribution in [0.1, 0.15) is 22.7 Å². The molecule has 2 heterocycles. The maximum absolute atomic E-state index is 12.5. The number of hydrogen-bond donors (Lipinski definition) is 1. The van der Waals surface area contributed by atoms with Gasteiger partial charge in [0, 0.05) is 30.1 Å². The van der Waals surface area contributed by atoms with E-state index in [1.54, 1.807) is 48.8 Å². The third-order valence-corrected chi connectivity index (χ3v) is 5.98. The van der Waals surface area contributed by atoms with Crippen molar-refractivity contribution < 1.29 is 22.5 Å². The maximum Gasteiger partial charge on any atom is 0.338 e. The number of carbonyl (C=O) groups is 1. The SMILES string of the molecule is O=C(OCCCc1nc(-c2cccnc2)no1)c1ccc(S(=O)(=O)Nc2ccccc2)cc1. The van der Waals surface area contributed by atoms with Crippen molar-refractivity contribution in [2.24, 2.45) is 0 Å².